The zero-order valence-corrected chi connectivity index (χ0v) is 10.7. The lowest BCUT2D eigenvalue weighted by Crippen LogP contribution is -2.25. The molecule has 1 heterocycles. The minimum Gasteiger partial charge on any atom is -0.475 e. The lowest BCUT2D eigenvalue weighted by molar-refractivity contribution is 0.0656. The van der Waals surface area contributed by atoms with Gasteiger partial charge in [0.1, 0.15) is 0 Å². The Morgan fingerprint density at radius 3 is 2.78 bits per heavy atom. The molecule has 0 amide bonds. The van der Waals surface area contributed by atoms with Crippen molar-refractivity contribution in [1.29, 1.82) is 0 Å². The molecular weight excluding hydrogens is 262 g/mol. The van der Waals surface area contributed by atoms with Gasteiger partial charge in [-0.15, -0.1) is 0 Å². The first-order chi connectivity index (χ1) is 8.47. The van der Waals surface area contributed by atoms with E-state index in [1.165, 1.54) is 0 Å². The SMILES string of the molecule is CCOCCCNS(=O)(=O)c1ccc(C(=O)O)o1. The molecule has 1 aromatic rings. The normalized spacial score (nSPS) is 11.6. The summed E-state index contributed by atoms with van der Waals surface area (Å²) in [4.78, 5) is 10.5. The molecule has 0 radical (unpaired) electrons. The van der Waals surface area contributed by atoms with E-state index in [-0.39, 0.29) is 6.54 Å². The number of furan rings is 1. The Morgan fingerprint density at radius 2 is 2.22 bits per heavy atom. The van der Waals surface area contributed by atoms with Crippen LogP contribution < -0.4 is 4.72 Å². The van der Waals surface area contributed by atoms with E-state index in [9.17, 15) is 13.2 Å². The molecular formula is C10H15NO6S. The van der Waals surface area contributed by atoms with Gasteiger partial charge in [0.2, 0.25) is 10.9 Å². The third-order valence-corrected chi connectivity index (χ3v) is 3.35. The second-order valence-electron chi connectivity index (χ2n) is 3.37. The van der Waals surface area contributed by atoms with E-state index in [1.54, 1.807) is 0 Å². The molecule has 0 saturated carbocycles. The van der Waals surface area contributed by atoms with E-state index >= 15 is 0 Å². The maximum atomic E-state index is 11.7. The summed E-state index contributed by atoms with van der Waals surface area (Å²) in [7, 11) is -3.80. The summed E-state index contributed by atoms with van der Waals surface area (Å²) in [5.41, 5.74) is 0. The Labute approximate surface area is 105 Å². The van der Waals surface area contributed by atoms with Gasteiger partial charge in [-0.25, -0.2) is 17.9 Å². The molecule has 0 unspecified atom stereocenters. The number of aromatic carboxylic acids is 1. The number of hydrogen-bond acceptors (Lipinski definition) is 5. The highest BCUT2D eigenvalue weighted by molar-refractivity contribution is 7.89. The average Bonchev–Trinajstić information content (AvgIpc) is 2.78. The smallest absolute Gasteiger partial charge is 0.371 e. The van der Waals surface area contributed by atoms with Crippen LogP contribution in [0.1, 0.15) is 23.9 Å². The summed E-state index contributed by atoms with van der Waals surface area (Å²) in [6.45, 7) is 3.08. The second-order valence-corrected chi connectivity index (χ2v) is 5.07. The van der Waals surface area contributed by atoms with Crippen LogP contribution in [0.3, 0.4) is 0 Å². The van der Waals surface area contributed by atoms with Crippen LogP contribution in [0.5, 0.6) is 0 Å². The third kappa shape index (κ3) is 4.13. The highest BCUT2D eigenvalue weighted by Crippen LogP contribution is 2.13. The monoisotopic (exact) mass is 277 g/mol. The van der Waals surface area contributed by atoms with Crippen molar-refractivity contribution in [2.75, 3.05) is 19.8 Å². The predicted molar refractivity (Wildman–Crippen MR) is 62.0 cm³/mol. The zero-order chi connectivity index (χ0) is 13.6. The van der Waals surface area contributed by atoms with Gasteiger partial charge in [-0.05, 0) is 25.5 Å². The molecule has 1 rings (SSSR count). The van der Waals surface area contributed by atoms with Crippen molar-refractivity contribution in [2.45, 2.75) is 18.4 Å². The maximum absolute atomic E-state index is 11.7. The summed E-state index contributed by atoms with van der Waals surface area (Å²) < 4.78 is 35.4. The van der Waals surface area contributed by atoms with Crippen molar-refractivity contribution < 1.29 is 27.5 Å². The van der Waals surface area contributed by atoms with Gasteiger partial charge in [0.05, 0.1) is 0 Å². The first-order valence-electron chi connectivity index (χ1n) is 5.38. The fourth-order valence-corrected chi connectivity index (χ4v) is 2.18. The van der Waals surface area contributed by atoms with Crippen molar-refractivity contribution in [3.63, 3.8) is 0 Å². The number of rotatable bonds is 8. The molecule has 102 valence electrons. The standard InChI is InChI=1S/C10H15NO6S/c1-2-16-7-3-6-11-18(14,15)9-5-4-8(17-9)10(12)13/h4-5,11H,2-3,6-7H2,1H3,(H,12,13). The van der Waals surface area contributed by atoms with Crippen LogP contribution in [-0.4, -0.2) is 39.3 Å². The molecule has 0 bridgehead atoms. The molecule has 1 aromatic heterocycles. The molecule has 0 aliphatic rings. The van der Waals surface area contributed by atoms with Crippen molar-refractivity contribution >= 4 is 16.0 Å². The molecule has 8 heteroatoms. The lowest BCUT2D eigenvalue weighted by atomic mass is 10.5. The average molecular weight is 277 g/mol. The molecule has 0 aromatic carbocycles. The van der Waals surface area contributed by atoms with E-state index in [0.717, 1.165) is 12.1 Å². The number of ether oxygens (including phenoxy) is 1. The molecule has 7 nitrogen and oxygen atoms in total. The van der Waals surface area contributed by atoms with Gasteiger partial charge < -0.3 is 14.3 Å². The summed E-state index contributed by atoms with van der Waals surface area (Å²) in [6.07, 6.45) is 0.527. The van der Waals surface area contributed by atoms with Gasteiger partial charge in [-0.1, -0.05) is 0 Å². The van der Waals surface area contributed by atoms with Crippen molar-refractivity contribution in [1.82, 2.24) is 4.72 Å². The first-order valence-corrected chi connectivity index (χ1v) is 6.86. The van der Waals surface area contributed by atoms with Crippen molar-refractivity contribution in [3.05, 3.63) is 17.9 Å². The molecule has 0 aliphatic carbocycles. The van der Waals surface area contributed by atoms with Crippen LogP contribution in [-0.2, 0) is 14.8 Å². The second kappa shape index (κ2) is 6.53. The zero-order valence-electron chi connectivity index (χ0n) is 9.88. The first kappa shape index (κ1) is 14.7. The van der Waals surface area contributed by atoms with E-state index in [1.807, 2.05) is 6.92 Å². The van der Waals surface area contributed by atoms with Gasteiger partial charge in [0.25, 0.3) is 10.0 Å². The predicted octanol–water partition coefficient (Wildman–Crippen LogP) is 0.683. The quantitative estimate of drug-likeness (QED) is 0.677. The fraction of sp³-hybridized carbons (Fsp3) is 0.500. The highest BCUT2D eigenvalue weighted by Gasteiger charge is 2.20. The number of carbonyl (C=O) groups is 1. The molecule has 2 N–H and O–H groups in total. The summed E-state index contributed by atoms with van der Waals surface area (Å²) >= 11 is 0. The Kier molecular flexibility index (Phi) is 5.32. The van der Waals surface area contributed by atoms with Gasteiger partial charge >= 0.3 is 5.97 Å². The number of carboxylic acids is 1. The fourth-order valence-electron chi connectivity index (χ4n) is 1.18. The number of hydrogen-bond donors (Lipinski definition) is 2. The number of sulfonamides is 1. The van der Waals surface area contributed by atoms with Crippen LogP contribution >= 0.6 is 0 Å². The Bertz CT molecular complexity index is 492. The Hall–Kier alpha value is -1.38. The third-order valence-electron chi connectivity index (χ3n) is 2.02. The van der Waals surface area contributed by atoms with Crippen molar-refractivity contribution in [3.8, 4) is 0 Å². The molecule has 0 aliphatic heterocycles. The highest BCUT2D eigenvalue weighted by atomic mass is 32.2. The van der Waals surface area contributed by atoms with E-state index in [0.29, 0.717) is 19.6 Å². The van der Waals surface area contributed by atoms with Crippen LogP contribution in [0, 0.1) is 0 Å². The van der Waals surface area contributed by atoms with Crippen LogP contribution in [0.4, 0.5) is 0 Å². The van der Waals surface area contributed by atoms with E-state index < -0.39 is 26.8 Å². The topological polar surface area (TPSA) is 106 Å². The number of nitrogens with one attached hydrogen (secondary N) is 1. The van der Waals surface area contributed by atoms with Crippen LogP contribution in [0.25, 0.3) is 0 Å². The van der Waals surface area contributed by atoms with Crippen LogP contribution in [0.15, 0.2) is 21.6 Å². The molecule has 0 saturated heterocycles. The van der Waals surface area contributed by atoms with Gasteiger partial charge in [0.15, 0.2) is 0 Å². The minimum absolute atomic E-state index is 0.200. The van der Waals surface area contributed by atoms with Gasteiger partial charge in [-0.3, -0.25) is 0 Å². The summed E-state index contributed by atoms with van der Waals surface area (Å²) in [6, 6.07) is 2.20. The minimum atomic E-state index is -3.80. The van der Waals surface area contributed by atoms with Gasteiger partial charge in [0, 0.05) is 19.8 Å². The lowest BCUT2D eigenvalue weighted by Gasteiger charge is -2.04. The number of carboxylic acid groups (broad SMARTS) is 1. The maximum Gasteiger partial charge on any atom is 0.371 e. The summed E-state index contributed by atoms with van der Waals surface area (Å²) in [5.74, 6) is -1.72. The van der Waals surface area contributed by atoms with Gasteiger partial charge in [-0.2, -0.15) is 0 Å². The van der Waals surface area contributed by atoms with E-state index in [2.05, 4.69) is 4.72 Å². The largest absolute Gasteiger partial charge is 0.475 e. The Balaban J connectivity index is 2.54. The van der Waals surface area contributed by atoms with Crippen molar-refractivity contribution in [2.24, 2.45) is 0 Å². The molecule has 18 heavy (non-hydrogen) atoms. The summed E-state index contributed by atoms with van der Waals surface area (Å²) in [5, 5.41) is 8.21. The Morgan fingerprint density at radius 1 is 1.50 bits per heavy atom. The molecule has 0 spiro atoms. The molecule has 0 atom stereocenters. The van der Waals surface area contributed by atoms with Crippen LogP contribution in [0.2, 0.25) is 0 Å². The molecule has 0 fully saturated rings. The van der Waals surface area contributed by atoms with E-state index in [4.69, 9.17) is 14.3 Å².